The summed E-state index contributed by atoms with van der Waals surface area (Å²) in [7, 11) is 3.36. The van der Waals surface area contributed by atoms with Gasteiger partial charge in [0.1, 0.15) is 11.5 Å². The minimum atomic E-state index is 0.0104. The Kier molecular flexibility index (Phi) is 4.40. The average molecular weight is 237 g/mol. The van der Waals surface area contributed by atoms with Gasteiger partial charge in [-0.3, -0.25) is 0 Å². The van der Waals surface area contributed by atoms with Gasteiger partial charge in [0.15, 0.2) is 0 Å². The van der Waals surface area contributed by atoms with Crippen LogP contribution in [0.4, 0.5) is 0 Å². The summed E-state index contributed by atoms with van der Waals surface area (Å²) in [6, 6.07) is 3.97. The summed E-state index contributed by atoms with van der Waals surface area (Å²) in [5.41, 5.74) is 8.09. The first-order valence-electron chi connectivity index (χ1n) is 5.89. The summed E-state index contributed by atoms with van der Waals surface area (Å²) in [5, 5.41) is 0. The molecular formula is C14H23NO2. The second kappa shape index (κ2) is 5.41. The van der Waals surface area contributed by atoms with Gasteiger partial charge in [0, 0.05) is 11.6 Å². The van der Waals surface area contributed by atoms with Crippen LogP contribution in [0, 0.1) is 6.92 Å². The van der Waals surface area contributed by atoms with Gasteiger partial charge in [0.05, 0.1) is 14.2 Å². The zero-order valence-corrected chi connectivity index (χ0v) is 11.5. The lowest BCUT2D eigenvalue weighted by Gasteiger charge is -2.29. The lowest BCUT2D eigenvalue weighted by atomic mass is 9.78. The zero-order chi connectivity index (χ0) is 13.1. The predicted molar refractivity (Wildman–Crippen MR) is 71.0 cm³/mol. The second-order valence-corrected chi connectivity index (χ2v) is 4.94. The number of benzene rings is 1. The van der Waals surface area contributed by atoms with Gasteiger partial charge in [-0.25, -0.2) is 0 Å². The minimum absolute atomic E-state index is 0.0104. The summed E-state index contributed by atoms with van der Waals surface area (Å²) < 4.78 is 10.7. The SMILES string of the molecule is COc1cc(C)c(C(C)(C)CCN)c(OC)c1. The molecule has 0 aliphatic carbocycles. The van der Waals surface area contributed by atoms with E-state index in [-0.39, 0.29) is 5.41 Å². The molecule has 1 aromatic rings. The van der Waals surface area contributed by atoms with Gasteiger partial charge in [0.2, 0.25) is 0 Å². The predicted octanol–water partition coefficient (Wildman–Crippen LogP) is 2.64. The Bertz CT molecular complexity index is 386. The van der Waals surface area contributed by atoms with E-state index in [1.807, 2.05) is 12.1 Å². The third kappa shape index (κ3) is 2.91. The molecule has 0 amide bonds. The molecule has 96 valence electrons. The Morgan fingerprint density at radius 3 is 2.29 bits per heavy atom. The molecular weight excluding hydrogens is 214 g/mol. The number of ether oxygens (including phenoxy) is 2. The van der Waals surface area contributed by atoms with Crippen molar-refractivity contribution in [1.29, 1.82) is 0 Å². The van der Waals surface area contributed by atoms with E-state index in [0.29, 0.717) is 6.54 Å². The molecule has 17 heavy (non-hydrogen) atoms. The molecule has 0 radical (unpaired) electrons. The van der Waals surface area contributed by atoms with Crippen LogP contribution in [0.3, 0.4) is 0 Å². The molecule has 0 saturated carbocycles. The van der Waals surface area contributed by atoms with Crippen molar-refractivity contribution < 1.29 is 9.47 Å². The van der Waals surface area contributed by atoms with Crippen LogP contribution >= 0.6 is 0 Å². The van der Waals surface area contributed by atoms with E-state index in [0.717, 1.165) is 17.9 Å². The molecule has 3 heteroatoms. The molecule has 0 heterocycles. The molecule has 0 fully saturated rings. The molecule has 0 aliphatic rings. The molecule has 0 aliphatic heterocycles. The maximum absolute atomic E-state index is 5.68. The fourth-order valence-corrected chi connectivity index (χ4v) is 2.35. The third-order valence-corrected chi connectivity index (χ3v) is 3.17. The van der Waals surface area contributed by atoms with E-state index in [1.165, 1.54) is 11.1 Å². The summed E-state index contributed by atoms with van der Waals surface area (Å²) in [5.74, 6) is 1.70. The molecule has 0 unspecified atom stereocenters. The third-order valence-electron chi connectivity index (χ3n) is 3.17. The van der Waals surface area contributed by atoms with Crippen molar-refractivity contribution in [3.8, 4) is 11.5 Å². The highest BCUT2D eigenvalue weighted by Crippen LogP contribution is 2.38. The number of aryl methyl sites for hydroxylation is 1. The Morgan fingerprint density at radius 2 is 1.82 bits per heavy atom. The molecule has 3 nitrogen and oxygen atoms in total. The first-order chi connectivity index (χ1) is 7.96. The summed E-state index contributed by atoms with van der Waals surface area (Å²) in [6.45, 7) is 7.13. The smallest absolute Gasteiger partial charge is 0.126 e. The fourth-order valence-electron chi connectivity index (χ4n) is 2.35. The zero-order valence-electron chi connectivity index (χ0n) is 11.5. The topological polar surface area (TPSA) is 44.5 Å². The monoisotopic (exact) mass is 237 g/mol. The van der Waals surface area contributed by atoms with Gasteiger partial charge in [-0.05, 0) is 36.9 Å². The molecule has 0 aromatic heterocycles. The van der Waals surface area contributed by atoms with Crippen molar-refractivity contribution in [2.45, 2.75) is 32.6 Å². The van der Waals surface area contributed by atoms with Crippen LogP contribution in [-0.4, -0.2) is 20.8 Å². The Labute approximate surface area is 104 Å². The highest BCUT2D eigenvalue weighted by atomic mass is 16.5. The Hall–Kier alpha value is -1.22. The second-order valence-electron chi connectivity index (χ2n) is 4.94. The van der Waals surface area contributed by atoms with Gasteiger partial charge >= 0.3 is 0 Å². The van der Waals surface area contributed by atoms with Crippen molar-refractivity contribution in [3.63, 3.8) is 0 Å². The molecule has 0 bridgehead atoms. The molecule has 0 saturated heterocycles. The number of hydrogen-bond donors (Lipinski definition) is 1. The van der Waals surface area contributed by atoms with Crippen LogP contribution in [-0.2, 0) is 5.41 Å². The first kappa shape index (κ1) is 13.8. The number of methoxy groups -OCH3 is 2. The van der Waals surface area contributed by atoms with Crippen molar-refractivity contribution in [1.82, 2.24) is 0 Å². The summed E-state index contributed by atoms with van der Waals surface area (Å²) >= 11 is 0. The van der Waals surface area contributed by atoms with E-state index in [1.54, 1.807) is 14.2 Å². The van der Waals surface area contributed by atoms with E-state index < -0.39 is 0 Å². The number of nitrogens with two attached hydrogens (primary N) is 1. The normalized spacial score (nSPS) is 11.4. The highest BCUT2D eigenvalue weighted by Gasteiger charge is 2.26. The number of rotatable bonds is 5. The van der Waals surface area contributed by atoms with Crippen LogP contribution in [0.15, 0.2) is 12.1 Å². The molecule has 1 aromatic carbocycles. The van der Waals surface area contributed by atoms with Gasteiger partial charge in [-0.1, -0.05) is 13.8 Å². The van der Waals surface area contributed by atoms with Crippen molar-refractivity contribution in [3.05, 3.63) is 23.3 Å². The van der Waals surface area contributed by atoms with Crippen molar-refractivity contribution >= 4 is 0 Å². The maximum atomic E-state index is 5.68. The van der Waals surface area contributed by atoms with Crippen molar-refractivity contribution in [2.75, 3.05) is 20.8 Å². The standard InChI is InChI=1S/C14H23NO2/c1-10-8-11(16-4)9-12(17-5)13(10)14(2,3)6-7-15/h8-9H,6-7,15H2,1-5H3. The number of hydrogen-bond acceptors (Lipinski definition) is 3. The molecule has 1 rings (SSSR count). The van der Waals surface area contributed by atoms with E-state index in [9.17, 15) is 0 Å². The first-order valence-corrected chi connectivity index (χ1v) is 5.89. The quantitative estimate of drug-likeness (QED) is 0.856. The van der Waals surface area contributed by atoms with E-state index >= 15 is 0 Å². The van der Waals surface area contributed by atoms with Crippen LogP contribution in [0.1, 0.15) is 31.4 Å². The maximum Gasteiger partial charge on any atom is 0.126 e. The molecule has 2 N–H and O–H groups in total. The van der Waals surface area contributed by atoms with Crippen LogP contribution < -0.4 is 15.2 Å². The fraction of sp³-hybridized carbons (Fsp3) is 0.571. The minimum Gasteiger partial charge on any atom is -0.497 e. The largest absolute Gasteiger partial charge is 0.497 e. The Morgan fingerprint density at radius 1 is 1.18 bits per heavy atom. The Balaban J connectivity index is 3.31. The lowest BCUT2D eigenvalue weighted by molar-refractivity contribution is 0.374. The lowest BCUT2D eigenvalue weighted by Crippen LogP contribution is -2.23. The van der Waals surface area contributed by atoms with Gasteiger partial charge < -0.3 is 15.2 Å². The molecule has 0 atom stereocenters. The van der Waals surface area contributed by atoms with Gasteiger partial charge in [-0.15, -0.1) is 0 Å². The van der Waals surface area contributed by atoms with E-state index in [2.05, 4.69) is 20.8 Å². The molecule has 0 spiro atoms. The van der Waals surface area contributed by atoms with Crippen LogP contribution in [0.2, 0.25) is 0 Å². The summed E-state index contributed by atoms with van der Waals surface area (Å²) in [6.07, 6.45) is 0.927. The van der Waals surface area contributed by atoms with Gasteiger partial charge in [-0.2, -0.15) is 0 Å². The van der Waals surface area contributed by atoms with Crippen LogP contribution in [0.5, 0.6) is 11.5 Å². The van der Waals surface area contributed by atoms with Crippen LogP contribution in [0.25, 0.3) is 0 Å². The van der Waals surface area contributed by atoms with Crippen molar-refractivity contribution in [2.24, 2.45) is 5.73 Å². The highest BCUT2D eigenvalue weighted by molar-refractivity contribution is 5.49. The van der Waals surface area contributed by atoms with Gasteiger partial charge in [0.25, 0.3) is 0 Å². The average Bonchev–Trinajstić information content (AvgIpc) is 2.27. The van der Waals surface area contributed by atoms with E-state index in [4.69, 9.17) is 15.2 Å². The summed E-state index contributed by atoms with van der Waals surface area (Å²) in [4.78, 5) is 0.